The third kappa shape index (κ3) is 3.38. The van der Waals surface area contributed by atoms with E-state index in [2.05, 4.69) is 5.32 Å². The number of aliphatic hydroxyl groups excluding tert-OH is 1. The summed E-state index contributed by atoms with van der Waals surface area (Å²) in [6, 6.07) is 3.63. The van der Waals surface area contributed by atoms with E-state index in [1.807, 2.05) is 33.2 Å². The predicted molar refractivity (Wildman–Crippen MR) is 63.2 cm³/mol. The van der Waals surface area contributed by atoms with Crippen LogP contribution in [-0.4, -0.2) is 28.7 Å². The molecule has 90 valence electrons. The van der Waals surface area contributed by atoms with Crippen LogP contribution in [-0.2, 0) is 7.05 Å². The Labute approximate surface area is 96.3 Å². The van der Waals surface area contributed by atoms with E-state index < -0.39 is 0 Å². The lowest BCUT2D eigenvalue weighted by molar-refractivity contribution is 0.0920. The molecule has 0 aliphatic heterocycles. The fourth-order valence-electron chi connectivity index (χ4n) is 1.50. The Morgan fingerprint density at radius 1 is 1.56 bits per heavy atom. The predicted octanol–water partition coefficient (Wildman–Crippen LogP) is 1.16. The Bertz CT molecular complexity index is 356. The molecule has 1 rings (SSSR count). The largest absolute Gasteiger partial charge is 0.396 e. The van der Waals surface area contributed by atoms with E-state index in [0.717, 1.165) is 0 Å². The first-order valence-electron chi connectivity index (χ1n) is 5.47. The zero-order chi connectivity index (χ0) is 12.2. The van der Waals surface area contributed by atoms with E-state index in [0.29, 0.717) is 18.7 Å². The molecule has 1 aromatic heterocycles. The molecule has 1 aromatic rings. The molecule has 1 amide bonds. The number of nitrogens with one attached hydrogen (secondary N) is 1. The van der Waals surface area contributed by atoms with E-state index in [1.54, 1.807) is 10.6 Å². The lowest BCUT2D eigenvalue weighted by Gasteiger charge is -2.23. The number of amides is 1. The molecule has 0 saturated carbocycles. The molecule has 0 bridgehead atoms. The van der Waals surface area contributed by atoms with Gasteiger partial charge in [0.25, 0.3) is 5.91 Å². The quantitative estimate of drug-likeness (QED) is 0.788. The van der Waals surface area contributed by atoms with E-state index in [9.17, 15) is 4.79 Å². The molecule has 0 aliphatic rings. The van der Waals surface area contributed by atoms with Crippen molar-refractivity contribution in [2.45, 2.75) is 20.3 Å². The Morgan fingerprint density at radius 2 is 2.25 bits per heavy atom. The summed E-state index contributed by atoms with van der Waals surface area (Å²) in [5, 5.41) is 11.8. The van der Waals surface area contributed by atoms with Crippen molar-refractivity contribution in [3.8, 4) is 0 Å². The third-order valence-corrected chi connectivity index (χ3v) is 2.69. The van der Waals surface area contributed by atoms with Crippen LogP contribution in [0.15, 0.2) is 18.3 Å². The molecule has 16 heavy (non-hydrogen) atoms. The second-order valence-electron chi connectivity index (χ2n) is 4.82. The van der Waals surface area contributed by atoms with Crippen LogP contribution in [0.2, 0.25) is 0 Å². The molecule has 2 N–H and O–H groups in total. The zero-order valence-electron chi connectivity index (χ0n) is 10.2. The van der Waals surface area contributed by atoms with Crippen molar-refractivity contribution in [1.82, 2.24) is 9.88 Å². The summed E-state index contributed by atoms with van der Waals surface area (Å²) >= 11 is 0. The van der Waals surface area contributed by atoms with Gasteiger partial charge in [-0.3, -0.25) is 4.79 Å². The van der Waals surface area contributed by atoms with Crippen molar-refractivity contribution in [3.63, 3.8) is 0 Å². The minimum absolute atomic E-state index is 0.0708. The van der Waals surface area contributed by atoms with E-state index in [4.69, 9.17) is 5.11 Å². The van der Waals surface area contributed by atoms with Crippen molar-refractivity contribution in [1.29, 1.82) is 0 Å². The zero-order valence-corrected chi connectivity index (χ0v) is 10.2. The van der Waals surface area contributed by atoms with E-state index in [-0.39, 0.29) is 17.9 Å². The topological polar surface area (TPSA) is 54.3 Å². The van der Waals surface area contributed by atoms with Crippen LogP contribution >= 0.6 is 0 Å². The van der Waals surface area contributed by atoms with Crippen LogP contribution < -0.4 is 5.32 Å². The Kier molecular flexibility index (Phi) is 4.12. The SMILES string of the molecule is Cn1cccc1C(=O)NCC(C)(C)CCO. The second-order valence-corrected chi connectivity index (χ2v) is 4.82. The van der Waals surface area contributed by atoms with Gasteiger partial charge < -0.3 is 15.0 Å². The number of hydrogen-bond donors (Lipinski definition) is 2. The number of carbonyl (C=O) groups excluding carboxylic acids is 1. The van der Waals surface area contributed by atoms with Crippen LogP contribution in [0.25, 0.3) is 0 Å². The van der Waals surface area contributed by atoms with Gasteiger partial charge in [-0.05, 0) is 24.0 Å². The molecule has 0 atom stereocenters. The van der Waals surface area contributed by atoms with Gasteiger partial charge in [0.15, 0.2) is 0 Å². The number of hydrogen-bond acceptors (Lipinski definition) is 2. The fraction of sp³-hybridized carbons (Fsp3) is 0.583. The van der Waals surface area contributed by atoms with Crippen LogP contribution in [0.4, 0.5) is 0 Å². The summed E-state index contributed by atoms with van der Waals surface area (Å²) in [6.07, 6.45) is 2.52. The van der Waals surface area contributed by atoms with Crippen LogP contribution in [0.5, 0.6) is 0 Å². The average molecular weight is 224 g/mol. The van der Waals surface area contributed by atoms with Gasteiger partial charge in [0.1, 0.15) is 5.69 Å². The Morgan fingerprint density at radius 3 is 2.75 bits per heavy atom. The third-order valence-electron chi connectivity index (χ3n) is 2.69. The first-order chi connectivity index (χ1) is 7.46. The smallest absolute Gasteiger partial charge is 0.267 e. The maximum absolute atomic E-state index is 11.8. The molecule has 0 saturated heterocycles. The summed E-state index contributed by atoms with van der Waals surface area (Å²) < 4.78 is 1.79. The summed E-state index contributed by atoms with van der Waals surface area (Å²) in [6.45, 7) is 4.76. The number of aryl methyl sites for hydroxylation is 1. The molecule has 0 radical (unpaired) electrons. The lowest BCUT2D eigenvalue weighted by atomic mass is 9.90. The van der Waals surface area contributed by atoms with Crippen LogP contribution in [0.3, 0.4) is 0 Å². The van der Waals surface area contributed by atoms with Gasteiger partial charge in [-0.25, -0.2) is 0 Å². The maximum Gasteiger partial charge on any atom is 0.267 e. The average Bonchev–Trinajstić information content (AvgIpc) is 2.61. The molecule has 1 heterocycles. The standard InChI is InChI=1S/C12H20N2O2/c1-12(2,6-8-15)9-13-11(16)10-5-4-7-14(10)3/h4-5,7,15H,6,8-9H2,1-3H3,(H,13,16). The van der Waals surface area contributed by atoms with Crippen molar-refractivity contribution in [3.05, 3.63) is 24.0 Å². The van der Waals surface area contributed by atoms with E-state index in [1.165, 1.54) is 0 Å². The Balaban J connectivity index is 2.51. The van der Waals surface area contributed by atoms with Gasteiger partial charge in [0.2, 0.25) is 0 Å². The molecule has 0 spiro atoms. The van der Waals surface area contributed by atoms with Gasteiger partial charge in [-0.15, -0.1) is 0 Å². The molecule has 4 heteroatoms. The first kappa shape index (κ1) is 12.8. The number of nitrogens with zero attached hydrogens (tertiary/aromatic N) is 1. The van der Waals surface area contributed by atoms with Gasteiger partial charge >= 0.3 is 0 Å². The van der Waals surface area contributed by atoms with Crippen molar-refractivity contribution in [2.75, 3.05) is 13.2 Å². The van der Waals surface area contributed by atoms with Gasteiger partial charge in [0.05, 0.1) is 0 Å². The first-order valence-corrected chi connectivity index (χ1v) is 5.47. The lowest BCUT2D eigenvalue weighted by Crippen LogP contribution is -2.35. The summed E-state index contributed by atoms with van der Waals surface area (Å²) in [5.74, 6) is -0.0708. The summed E-state index contributed by atoms with van der Waals surface area (Å²) in [4.78, 5) is 11.8. The molecular formula is C12H20N2O2. The molecular weight excluding hydrogens is 204 g/mol. The van der Waals surface area contributed by atoms with Gasteiger partial charge in [-0.1, -0.05) is 13.8 Å². The van der Waals surface area contributed by atoms with Crippen LogP contribution in [0, 0.1) is 5.41 Å². The van der Waals surface area contributed by atoms with Crippen molar-refractivity contribution < 1.29 is 9.90 Å². The van der Waals surface area contributed by atoms with Crippen molar-refractivity contribution >= 4 is 5.91 Å². The molecule has 0 fully saturated rings. The number of rotatable bonds is 5. The minimum Gasteiger partial charge on any atom is -0.396 e. The number of aromatic nitrogens is 1. The highest BCUT2D eigenvalue weighted by Crippen LogP contribution is 2.18. The summed E-state index contributed by atoms with van der Waals surface area (Å²) in [5.41, 5.74) is 0.579. The fourth-order valence-corrected chi connectivity index (χ4v) is 1.50. The normalized spacial score (nSPS) is 11.5. The number of carbonyl (C=O) groups is 1. The highest BCUT2D eigenvalue weighted by molar-refractivity contribution is 5.92. The monoisotopic (exact) mass is 224 g/mol. The molecule has 4 nitrogen and oxygen atoms in total. The highest BCUT2D eigenvalue weighted by Gasteiger charge is 2.19. The van der Waals surface area contributed by atoms with Gasteiger partial charge in [-0.2, -0.15) is 0 Å². The molecule has 0 unspecified atom stereocenters. The minimum atomic E-state index is -0.0738. The summed E-state index contributed by atoms with van der Waals surface area (Å²) in [7, 11) is 1.84. The second kappa shape index (κ2) is 5.16. The molecule has 0 aromatic carbocycles. The molecule has 0 aliphatic carbocycles. The highest BCUT2D eigenvalue weighted by atomic mass is 16.3. The number of aliphatic hydroxyl groups is 1. The van der Waals surface area contributed by atoms with E-state index >= 15 is 0 Å². The van der Waals surface area contributed by atoms with Crippen LogP contribution in [0.1, 0.15) is 30.8 Å². The van der Waals surface area contributed by atoms with Crippen molar-refractivity contribution in [2.24, 2.45) is 12.5 Å². The maximum atomic E-state index is 11.8. The van der Waals surface area contributed by atoms with Gasteiger partial charge in [0, 0.05) is 26.4 Å². The Hall–Kier alpha value is -1.29.